The molecule has 0 aromatic heterocycles. The lowest BCUT2D eigenvalue weighted by molar-refractivity contribution is -0.0613. The van der Waals surface area contributed by atoms with Gasteiger partial charge in [-0.05, 0) is 29.3 Å². The first kappa shape index (κ1) is 13.5. The Kier molecular flexibility index (Phi) is 3.08. The summed E-state index contributed by atoms with van der Waals surface area (Å²) < 4.78 is 26.3. The second-order valence-corrected chi connectivity index (χ2v) is 7.30. The summed E-state index contributed by atoms with van der Waals surface area (Å²) in [6, 6.07) is 12.8. The Balaban J connectivity index is 1.94. The van der Waals surface area contributed by atoms with Gasteiger partial charge in [0.15, 0.2) is 0 Å². The second-order valence-electron chi connectivity index (χ2n) is 5.36. The van der Waals surface area contributed by atoms with Crippen LogP contribution < -0.4 is 0 Å². The summed E-state index contributed by atoms with van der Waals surface area (Å²) in [5.74, 6) is 0. The fourth-order valence-electron chi connectivity index (χ4n) is 2.48. The predicted octanol–water partition coefficient (Wildman–Crippen LogP) is 1.99. The van der Waals surface area contributed by atoms with Crippen molar-refractivity contribution in [1.82, 2.24) is 4.31 Å². The fraction of sp³-hybridized carbons (Fsp3) is 0.333. The standard InChI is InChI=1S/C15H17NO3S/c1-2-15(17)10-16(11-15)20(18,19)14-8-7-12-5-3-4-6-13(12)9-14/h3-9,17H,2,10-11H2,1H3. The molecule has 0 saturated carbocycles. The van der Waals surface area contributed by atoms with Crippen LogP contribution in [0.3, 0.4) is 0 Å². The number of β-amino-alcohol motifs (C(OH)–C–C–N with tert-alkyl or cyclic N) is 1. The number of fused-ring (bicyclic) bond motifs is 1. The van der Waals surface area contributed by atoms with E-state index in [4.69, 9.17) is 0 Å². The summed E-state index contributed by atoms with van der Waals surface area (Å²) in [7, 11) is -3.50. The molecule has 1 N–H and O–H groups in total. The zero-order chi connectivity index (χ0) is 14.4. The van der Waals surface area contributed by atoms with E-state index in [1.807, 2.05) is 37.3 Å². The van der Waals surface area contributed by atoms with Gasteiger partial charge in [0.25, 0.3) is 0 Å². The Hall–Kier alpha value is -1.43. The number of hydrogen-bond acceptors (Lipinski definition) is 3. The van der Waals surface area contributed by atoms with Crippen molar-refractivity contribution in [3.8, 4) is 0 Å². The lowest BCUT2D eigenvalue weighted by Crippen LogP contribution is -2.62. The molecule has 3 rings (SSSR count). The summed E-state index contributed by atoms with van der Waals surface area (Å²) in [5.41, 5.74) is -0.857. The molecule has 0 spiro atoms. The van der Waals surface area contributed by atoms with Crippen molar-refractivity contribution in [2.75, 3.05) is 13.1 Å². The van der Waals surface area contributed by atoms with Crippen LogP contribution in [0.4, 0.5) is 0 Å². The molecular weight excluding hydrogens is 274 g/mol. The zero-order valence-corrected chi connectivity index (χ0v) is 12.1. The molecule has 1 heterocycles. The largest absolute Gasteiger partial charge is 0.387 e. The predicted molar refractivity (Wildman–Crippen MR) is 77.9 cm³/mol. The molecule has 0 amide bonds. The number of hydrogen-bond donors (Lipinski definition) is 1. The molecule has 0 atom stereocenters. The molecule has 1 fully saturated rings. The third-order valence-corrected chi connectivity index (χ3v) is 5.75. The minimum Gasteiger partial charge on any atom is -0.387 e. The monoisotopic (exact) mass is 291 g/mol. The molecule has 5 heteroatoms. The van der Waals surface area contributed by atoms with Crippen LogP contribution in [0.2, 0.25) is 0 Å². The van der Waals surface area contributed by atoms with Crippen molar-refractivity contribution in [2.45, 2.75) is 23.8 Å². The van der Waals surface area contributed by atoms with E-state index in [0.29, 0.717) is 6.42 Å². The van der Waals surface area contributed by atoms with Crippen molar-refractivity contribution in [3.63, 3.8) is 0 Å². The highest BCUT2D eigenvalue weighted by Crippen LogP contribution is 2.31. The molecule has 4 nitrogen and oxygen atoms in total. The quantitative estimate of drug-likeness (QED) is 0.941. The molecule has 106 valence electrons. The maximum atomic E-state index is 12.5. The van der Waals surface area contributed by atoms with Crippen LogP contribution in [0.15, 0.2) is 47.4 Å². The minimum atomic E-state index is -3.50. The molecule has 0 bridgehead atoms. The molecule has 0 radical (unpaired) electrons. The summed E-state index contributed by atoms with van der Waals surface area (Å²) >= 11 is 0. The van der Waals surface area contributed by atoms with E-state index in [9.17, 15) is 13.5 Å². The van der Waals surface area contributed by atoms with Gasteiger partial charge in [-0.2, -0.15) is 4.31 Å². The summed E-state index contributed by atoms with van der Waals surface area (Å²) in [6.45, 7) is 2.22. The van der Waals surface area contributed by atoms with Crippen molar-refractivity contribution in [2.24, 2.45) is 0 Å². The third kappa shape index (κ3) is 2.12. The Morgan fingerprint density at radius 2 is 1.80 bits per heavy atom. The number of aliphatic hydroxyl groups is 1. The van der Waals surface area contributed by atoms with Crippen LogP contribution in [-0.4, -0.2) is 36.5 Å². The summed E-state index contributed by atoms with van der Waals surface area (Å²) in [5, 5.41) is 11.9. The normalized spacial score (nSPS) is 18.9. The number of sulfonamides is 1. The Bertz CT molecular complexity index is 749. The van der Waals surface area contributed by atoms with E-state index in [0.717, 1.165) is 10.8 Å². The van der Waals surface area contributed by atoms with Crippen LogP contribution in [0.5, 0.6) is 0 Å². The SMILES string of the molecule is CCC1(O)CN(S(=O)(=O)c2ccc3ccccc3c2)C1. The highest BCUT2D eigenvalue weighted by Gasteiger charge is 2.45. The van der Waals surface area contributed by atoms with Crippen molar-refractivity contribution in [3.05, 3.63) is 42.5 Å². The average molecular weight is 291 g/mol. The van der Waals surface area contributed by atoms with Gasteiger partial charge in [-0.3, -0.25) is 0 Å². The van der Waals surface area contributed by atoms with E-state index in [1.165, 1.54) is 4.31 Å². The van der Waals surface area contributed by atoms with Gasteiger partial charge in [-0.1, -0.05) is 37.3 Å². The van der Waals surface area contributed by atoms with Crippen LogP contribution >= 0.6 is 0 Å². The molecule has 20 heavy (non-hydrogen) atoms. The lowest BCUT2D eigenvalue weighted by atomic mass is 9.94. The van der Waals surface area contributed by atoms with Gasteiger partial charge in [0.2, 0.25) is 10.0 Å². The van der Waals surface area contributed by atoms with Crippen molar-refractivity contribution >= 4 is 20.8 Å². The van der Waals surface area contributed by atoms with Crippen molar-refractivity contribution < 1.29 is 13.5 Å². The van der Waals surface area contributed by atoms with Crippen LogP contribution in [0.1, 0.15) is 13.3 Å². The maximum Gasteiger partial charge on any atom is 0.243 e. The molecule has 1 saturated heterocycles. The van der Waals surface area contributed by atoms with E-state index in [-0.39, 0.29) is 18.0 Å². The fourth-order valence-corrected chi connectivity index (χ4v) is 4.12. The number of rotatable bonds is 3. The van der Waals surface area contributed by atoms with Crippen LogP contribution in [0.25, 0.3) is 10.8 Å². The molecule has 0 aliphatic carbocycles. The molecule has 1 aliphatic heterocycles. The molecule has 2 aromatic carbocycles. The second kappa shape index (κ2) is 4.55. The van der Waals surface area contributed by atoms with Gasteiger partial charge in [-0.25, -0.2) is 8.42 Å². The Labute approximate surface area is 118 Å². The smallest absolute Gasteiger partial charge is 0.243 e. The van der Waals surface area contributed by atoms with Crippen LogP contribution in [0, 0.1) is 0 Å². The Morgan fingerprint density at radius 1 is 1.15 bits per heavy atom. The maximum absolute atomic E-state index is 12.5. The Morgan fingerprint density at radius 3 is 2.45 bits per heavy atom. The van der Waals surface area contributed by atoms with Gasteiger partial charge in [-0.15, -0.1) is 0 Å². The molecule has 0 unspecified atom stereocenters. The first-order valence-electron chi connectivity index (χ1n) is 6.66. The first-order chi connectivity index (χ1) is 9.44. The number of benzene rings is 2. The van der Waals surface area contributed by atoms with E-state index >= 15 is 0 Å². The van der Waals surface area contributed by atoms with Gasteiger partial charge in [0.05, 0.1) is 10.5 Å². The number of nitrogens with zero attached hydrogens (tertiary/aromatic N) is 1. The third-order valence-electron chi connectivity index (χ3n) is 3.96. The van der Waals surface area contributed by atoms with Crippen LogP contribution in [-0.2, 0) is 10.0 Å². The zero-order valence-electron chi connectivity index (χ0n) is 11.3. The highest BCUT2D eigenvalue weighted by molar-refractivity contribution is 7.89. The van der Waals surface area contributed by atoms with E-state index in [1.54, 1.807) is 12.1 Å². The lowest BCUT2D eigenvalue weighted by Gasteiger charge is -2.44. The van der Waals surface area contributed by atoms with Gasteiger partial charge in [0.1, 0.15) is 0 Å². The summed E-state index contributed by atoms with van der Waals surface area (Å²) in [4.78, 5) is 0.286. The first-order valence-corrected chi connectivity index (χ1v) is 8.10. The van der Waals surface area contributed by atoms with Gasteiger partial charge >= 0.3 is 0 Å². The minimum absolute atomic E-state index is 0.179. The van der Waals surface area contributed by atoms with Crippen molar-refractivity contribution in [1.29, 1.82) is 0 Å². The molecular formula is C15H17NO3S. The molecule has 1 aliphatic rings. The summed E-state index contributed by atoms with van der Waals surface area (Å²) in [6.07, 6.45) is 0.566. The van der Waals surface area contributed by atoms with Gasteiger partial charge in [0, 0.05) is 13.1 Å². The van der Waals surface area contributed by atoms with E-state index in [2.05, 4.69) is 0 Å². The van der Waals surface area contributed by atoms with E-state index < -0.39 is 15.6 Å². The topological polar surface area (TPSA) is 57.6 Å². The van der Waals surface area contributed by atoms with Gasteiger partial charge < -0.3 is 5.11 Å². The molecule has 2 aromatic rings. The average Bonchev–Trinajstić information content (AvgIpc) is 2.43. The highest BCUT2D eigenvalue weighted by atomic mass is 32.2.